The maximum absolute atomic E-state index is 13.1. The lowest BCUT2D eigenvalue weighted by Crippen LogP contribution is -2.37. The van der Waals surface area contributed by atoms with Gasteiger partial charge in [-0.1, -0.05) is 36.4 Å². The van der Waals surface area contributed by atoms with Crippen molar-refractivity contribution in [1.29, 1.82) is 0 Å². The van der Waals surface area contributed by atoms with Crippen LogP contribution in [0.1, 0.15) is 34.1 Å². The Morgan fingerprint density at radius 2 is 1.81 bits per heavy atom. The highest BCUT2D eigenvalue weighted by Crippen LogP contribution is 2.39. The Labute approximate surface area is 162 Å². The summed E-state index contributed by atoms with van der Waals surface area (Å²) in [6, 6.07) is 12.5. The van der Waals surface area contributed by atoms with Crippen LogP contribution in [-0.4, -0.2) is 52.8 Å². The third-order valence-corrected chi connectivity index (χ3v) is 6.13. The van der Waals surface area contributed by atoms with Crippen LogP contribution in [0.5, 0.6) is 0 Å². The van der Waals surface area contributed by atoms with Crippen molar-refractivity contribution < 1.29 is 14.7 Å². The fraction of sp³-hybridized carbons (Fsp3) is 0.333. The summed E-state index contributed by atoms with van der Waals surface area (Å²) >= 11 is 1.32. The Hall–Kier alpha value is -2.44. The lowest BCUT2D eigenvalue weighted by atomic mass is 9.95. The Morgan fingerprint density at radius 1 is 1.07 bits per heavy atom. The Bertz CT molecular complexity index is 855. The number of carbonyl (C=O) groups is 2. The summed E-state index contributed by atoms with van der Waals surface area (Å²) < 4.78 is 0. The van der Waals surface area contributed by atoms with Gasteiger partial charge in [0.25, 0.3) is 5.91 Å². The highest BCUT2D eigenvalue weighted by molar-refractivity contribution is 7.12. The fourth-order valence-electron chi connectivity index (χ4n) is 3.89. The number of benzene rings is 1. The zero-order valence-electron chi connectivity index (χ0n) is 15.0. The summed E-state index contributed by atoms with van der Waals surface area (Å²) in [5.74, 6) is -1.14. The van der Waals surface area contributed by atoms with E-state index >= 15 is 0 Å². The summed E-state index contributed by atoms with van der Waals surface area (Å²) in [5.41, 5.74) is 1.03. The molecule has 0 radical (unpaired) electrons. The van der Waals surface area contributed by atoms with Gasteiger partial charge in [0.1, 0.15) is 0 Å². The molecule has 1 atom stereocenters. The van der Waals surface area contributed by atoms with E-state index in [0.717, 1.165) is 25.2 Å². The first-order valence-electron chi connectivity index (χ1n) is 9.26. The average molecular weight is 382 g/mol. The maximum Gasteiger partial charge on any atom is 0.290 e. The van der Waals surface area contributed by atoms with Crippen LogP contribution in [0.25, 0.3) is 0 Å². The van der Waals surface area contributed by atoms with Crippen LogP contribution in [-0.2, 0) is 4.79 Å². The lowest BCUT2D eigenvalue weighted by molar-refractivity contribution is -0.129. The molecule has 6 heteroatoms. The number of likely N-dealkylation sites (tertiary alicyclic amines) is 1. The number of ketones is 1. The van der Waals surface area contributed by atoms with E-state index < -0.39 is 17.7 Å². The van der Waals surface area contributed by atoms with Gasteiger partial charge in [-0.15, -0.1) is 11.3 Å². The number of amides is 1. The molecule has 0 spiro atoms. The van der Waals surface area contributed by atoms with Crippen molar-refractivity contribution in [3.8, 4) is 0 Å². The van der Waals surface area contributed by atoms with Crippen LogP contribution < -0.4 is 0 Å². The van der Waals surface area contributed by atoms with Crippen LogP contribution in [0.2, 0.25) is 0 Å². The molecule has 1 unspecified atom stereocenters. The molecule has 1 saturated heterocycles. The number of Topliss-reactive ketones (excluding diaryl/α,β-unsaturated/α-hetero) is 1. The summed E-state index contributed by atoms with van der Waals surface area (Å²) in [7, 11) is 0. The number of thiophene rings is 1. The van der Waals surface area contributed by atoms with Gasteiger partial charge < -0.3 is 14.9 Å². The van der Waals surface area contributed by atoms with E-state index in [-0.39, 0.29) is 11.4 Å². The van der Waals surface area contributed by atoms with E-state index in [1.807, 2.05) is 35.7 Å². The lowest BCUT2D eigenvalue weighted by Gasteiger charge is -2.28. The molecule has 27 heavy (non-hydrogen) atoms. The smallest absolute Gasteiger partial charge is 0.290 e. The second-order valence-electron chi connectivity index (χ2n) is 6.93. The molecule has 1 aromatic carbocycles. The number of carbonyl (C=O) groups excluding carboxylic acids is 2. The van der Waals surface area contributed by atoms with Gasteiger partial charge in [-0.25, -0.2) is 0 Å². The summed E-state index contributed by atoms with van der Waals surface area (Å²) in [6.07, 6.45) is 2.36. The number of hydrogen-bond acceptors (Lipinski definition) is 5. The predicted molar refractivity (Wildman–Crippen MR) is 105 cm³/mol. The highest BCUT2D eigenvalue weighted by Gasteiger charge is 2.43. The first-order valence-corrected chi connectivity index (χ1v) is 10.1. The number of aliphatic hydroxyl groups is 1. The van der Waals surface area contributed by atoms with E-state index in [1.54, 1.807) is 17.0 Å². The fourth-order valence-corrected chi connectivity index (χ4v) is 4.57. The zero-order valence-corrected chi connectivity index (χ0v) is 15.8. The van der Waals surface area contributed by atoms with Crippen molar-refractivity contribution >= 4 is 23.0 Å². The molecule has 2 aromatic rings. The second kappa shape index (κ2) is 7.66. The molecule has 1 N–H and O–H groups in total. The van der Waals surface area contributed by atoms with E-state index in [1.165, 1.54) is 24.2 Å². The Morgan fingerprint density at radius 3 is 2.48 bits per heavy atom. The number of hydrogen-bond donors (Lipinski definition) is 1. The molecular formula is C21H22N2O3S. The van der Waals surface area contributed by atoms with E-state index in [4.69, 9.17) is 0 Å². The van der Waals surface area contributed by atoms with Gasteiger partial charge in [0.15, 0.2) is 5.76 Å². The molecule has 4 rings (SSSR count). The van der Waals surface area contributed by atoms with Crippen molar-refractivity contribution in [2.75, 3.05) is 26.2 Å². The minimum Gasteiger partial charge on any atom is -0.503 e. The quantitative estimate of drug-likeness (QED) is 0.778. The van der Waals surface area contributed by atoms with E-state index in [9.17, 15) is 14.7 Å². The summed E-state index contributed by atoms with van der Waals surface area (Å²) in [4.78, 5) is 30.4. The van der Waals surface area contributed by atoms with Crippen LogP contribution in [0.4, 0.5) is 0 Å². The topological polar surface area (TPSA) is 60.9 Å². The first-order chi connectivity index (χ1) is 13.2. The highest BCUT2D eigenvalue weighted by atomic mass is 32.1. The van der Waals surface area contributed by atoms with Gasteiger partial charge >= 0.3 is 0 Å². The predicted octanol–water partition coefficient (Wildman–Crippen LogP) is 3.42. The number of rotatable bonds is 6. The van der Waals surface area contributed by atoms with Gasteiger partial charge in [-0.3, -0.25) is 9.59 Å². The molecule has 2 aliphatic heterocycles. The number of aliphatic hydroxyl groups excluding tert-OH is 1. The normalized spacial score (nSPS) is 20.7. The monoisotopic (exact) mass is 382 g/mol. The molecule has 140 valence electrons. The maximum atomic E-state index is 13.1. The van der Waals surface area contributed by atoms with Crippen molar-refractivity contribution in [3.05, 3.63) is 69.6 Å². The first kappa shape index (κ1) is 17.9. The van der Waals surface area contributed by atoms with Crippen molar-refractivity contribution in [2.24, 2.45) is 0 Å². The van der Waals surface area contributed by atoms with E-state index in [2.05, 4.69) is 4.90 Å². The molecule has 5 nitrogen and oxygen atoms in total. The van der Waals surface area contributed by atoms with Crippen molar-refractivity contribution in [2.45, 2.75) is 18.9 Å². The molecule has 1 aromatic heterocycles. The molecule has 0 aliphatic carbocycles. The summed E-state index contributed by atoms with van der Waals surface area (Å²) in [6.45, 7) is 3.32. The third kappa shape index (κ3) is 3.42. The minimum atomic E-state index is -0.545. The molecule has 0 saturated carbocycles. The third-order valence-electron chi connectivity index (χ3n) is 5.26. The molecule has 3 heterocycles. The Balaban J connectivity index is 1.67. The van der Waals surface area contributed by atoms with Crippen molar-refractivity contribution in [1.82, 2.24) is 9.80 Å². The number of nitrogens with zero attached hydrogens (tertiary/aromatic N) is 2. The molecular weight excluding hydrogens is 360 g/mol. The Kier molecular flexibility index (Phi) is 5.09. The zero-order chi connectivity index (χ0) is 18.8. The summed E-state index contributed by atoms with van der Waals surface area (Å²) in [5, 5.41) is 12.4. The largest absolute Gasteiger partial charge is 0.503 e. The van der Waals surface area contributed by atoms with Gasteiger partial charge in [0, 0.05) is 13.1 Å². The minimum absolute atomic E-state index is 0.190. The van der Waals surface area contributed by atoms with Crippen LogP contribution in [0, 0.1) is 0 Å². The molecule has 2 aliphatic rings. The molecule has 1 fully saturated rings. The van der Waals surface area contributed by atoms with Gasteiger partial charge in [0.2, 0.25) is 5.78 Å². The van der Waals surface area contributed by atoms with Crippen LogP contribution in [0.3, 0.4) is 0 Å². The molecule has 1 amide bonds. The van der Waals surface area contributed by atoms with Crippen LogP contribution in [0.15, 0.2) is 59.2 Å². The standard InChI is InChI=1S/C21H22N2O3S/c24-19(16-9-6-14-27-16)17-18(15-7-2-1-3-8-15)23(21(26)20(17)25)13-12-22-10-4-5-11-22/h1-3,6-9,14,18,25H,4-5,10-13H2. The van der Waals surface area contributed by atoms with Crippen LogP contribution >= 0.6 is 11.3 Å². The van der Waals surface area contributed by atoms with Gasteiger partial charge in [0.05, 0.1) is 16.5 Å². The average Bonchev–Trinajstić information content (AvgIpc) is 3.43. The van der Waals surface area contributed by atoms with E-state index in [0.29, 0.717) is 11.4 Å². The second-order valence-corrected chi connectivity index (χ2v) is 7.88. The van der Waals surface area contributed by atoms with Crippen molar-refractivity contribution in [3.63, 3.8) is 0 Å². The molecule has 0 bridgehead atoms. The SMILES string of the molecule is O=C(C1=C(O)C(=O)N(CCN2CCCC2)C1c1ccccc1)c1cccs1. The van der Waals surface area contributed by atoms with Gasteiger partial charge in [-0.05, 0) is 42.9 Å². The van der Waals surface area contributed by atoms with Gasteiger partial charge in [-0.2, -0.15) is 0 Å².